The molecule has 2 aromatic rings. The lowest BCUT2D eigenvalue weighted by Gasteiger charge is -2.28. The Morgan fingerprint density at radius 1 is 1.07 bits per heavy atom. The van der Waals surface area contributed by atoms with Crippen molar-refractivity contribution in [2.24, 2.45) is 5.41 Å². The zero-order valence-corrected chi connectivity index (χ0v) is 17.2. The fourth-order valence-electron chi connectivity index (χ4n) is 2.97. The van der Waals surface area contributed by atoms with Crippen molar-refractivity contribution >= 4 is 17.4 Å². The van der Waals surface area contributed by atoms with Crippen LogP contribution in [-0.2, 0) is 15.0 Å². The summed E-state index contributed by atoms with van der Waals surface area (Å²) < 4.78 is 0. The molecule has 1 aromatic heterocycles. The Kier molecular flexibility index (Phi) is 6.35. The summed E-state index contributed by atoms with van der Waals surface area (Å²) in [5.74, 6) is -0.136. The standard InChI is InChI=1S/C23H27N3O2/c1-16(27)23(5,13-9-14-24)20-18(11-8-15-25-20)17-10-6-7-12-19(17)26-21(28)22(2,3)4/h6-8,10-12,15H,9,13H2,1-5H3,(H,26,28). The Bertz CT molecular complexity index is 922. The number of ketones is 1. The smallest absolute Gasteiger partial charge is 0.229 e. The van der Waals surface area contributed by atoms with E-state index in [-0.39, 0.29) is 18.1 Å². The van der Waals surface area contributed by atoms with Gasteiger partial charge in [0.2, 0.25) is 5.91 Å². The van der Waals surface area contributed by atoms with Crippen LogP contribution in [0.2, 0.25) is 0 Å². The molecule has 1 N–H and O–H groups in total. The number of benzene rings is 1. The van der Waals surface area contributed by atoms with Gasteiger partial charge in [-0.25, -0.2) is 0 Å². The highest BCUT2D eigenvalue weighted by Gasteiger charge is 2.35. The van der Waals surface area contributed by atoms with E-state index in [9.17, 15) is 9.59 Å². The minimum absolute atomic E-state index is 0.0427. The van der Waals surface area contributed by atoms with E-state index in [4.69, 9.17) is 5.26 Å². The molecule has 1 unspecified atom stereocenters. The van der Waals surface area contributed by atoms with Gasteiger partial charge in [-0.3, -0.25) is 14.6 Å². The molecule has 28 heavy (non-hydrogen) atoms. The lowest BCUT2D eigenvalue weighted by atomic mass is 9.75. The summed E-state index contributed by atoms with van der Waals surface area (Å²) in [6, 6.07) is 13.3. The third-order valence-corrected chi connectivity index (χ3v) is 4.99. The Labute approximate surface area is 166 Å². The maximum absolute atomic E-state index is 12.5. The first-order valence-corrected chi connectivity index (χ1v) is 9.35. The molecule has 5 nitrogen and oxygen atoms in total. The molecule has 1 amide bonds. The van der Waals surface area contributed by atoms with Crippen LogP contribution in [0.4, 0.5) is 5.69 Å². The number of hydrogen-bond acceptors (Lipinski definition) is 4. The molecule has 2 rings (SSSR count). The quantitative estimate of drug-likeness (QED) is 0.777. The van der Waals surface area contributed by atoms with Crippen LogP contribution in [0.1, 0.15) is 53.2 Å². The number of amides is 1. The van der Waals surface area contributed by atoms with E-state index in [1.54, 1.807) is 6.20 Å². The van der Waals surface area contributed by atoms with Gasteiger partial charge in [-0.15, -0.1) is 0 Å². The number of nitrogens with one attached hydrogen (secondary N) is 1. The molecule has 0 aliphatic rings. The van der Waals surface area contributed by atoms with Crippen molar-refractivity contribution in [3.05, 3.63) is 48.3 Å². The molecule has 1 aromatic carbocycles. The summed E-state index contributed by atoms with van der Waals surface area (Å²) in [7, 11) is 0. The average Bonchev–Trinajstić information content (AvgIpc) is 2.65. The van der Waals surface area contributed by atoms with Gasteiger partial charge in [-0.2, -0.15) is 5.26 Å². The van der Waals surface area contributed by atoms with Crippen LogP contribution in [0.15, 0.2) is 42.6 Å². The number of Topliss-reactive ketones (excluding diaryl/α,β-unsaturated/α-hetero) is 1. The van der Waals surface area contributed by atoms with E-state index in [1.165, 1.54) is 6.92 Å². The molecule has 5 heteroatoms. The second kappa shape index (κ2) is 8.35. The summed E-state index contributed by atoms with van der Waals surface area (Å²) in [4.78, 5) is 29.6. The number of anilines is 1. The van der Waals surface area contributed by atoms with Gasteiger partial charge in [0.25, 0.3) is 0 Å². The molecule has 0 aliphatic heterocycles. The lowest BCUT2D eigenvalue weighted by molar-refractivity contribution is -0.123. The number of carbonyl (C=O) groups excluding carboxylic acids is 2. The van der Waals surface area contributed by atoms with Crippen LogP contribution in [0.3, 0.4) is 0 Å². The van der Waals surface area contributed by atoms with Crippen molar-refractivity contribution in [1.82, 2.24) is 4.98 Å². The predicted octanol–water partition coefficient (Wildman–Crippen LogP) is 4.88. The van der Waals surface area contributed by atoms with Crippen molar-refractivity contribution in [1.29, 1.82) is 5.26 Å². The lowest BCUT2D eigenvalue weighted by Crippen LogP contribution is -2.32. The molecule has 0 saturated carbocycles. The third kappa shape index (κ3) is 4.45. The maximum Gasteiger partial charge on any atom is 0.229 e. The average molecular weight is 377 g/mol. The molecule has 0 bridgehead atoms. The van der Waals surface area contributed by atoms with Crippen molar-refractivity contribution in [2.75, 3.05) is 5.32 Å². The third-order valence-electron chi connectivity index (χ3n) is 4.99. The highest BCUT2D eigenvalue weighted by molar-refractivity contribution is 5.99. The number of nitrogens with zero attached hydrogens (tertiary/aromatic N) is 2. The van der Waals surface area contributed by atoms with E-state index in [0.29, 0.717) is 17.8 Å². The first-order chi connectivity index (χ1) is 13.1. The Morgan fingerprint density at radius 3 is 2.32 bits per heavy atom. The largest absolute Gasteiger partial charge is 0.325 e. The van der Waals surface area contributed by atoms with E-state index in [1.807, 2.05) is 64.1 Å². The number of aromatic nitrogens is 1. The molecular formula is C23H27N3O2. The van der Waals surface area contributed by atoms with Crippen molar-refractivity contribution < 1.29 is 9.59 Å². The SMILES string of the molecule is CC(=O)C(C)(CCC#N)c1ncccc1-c1ccccc1NC(=O)C(C)(C)C. The highest BCUT2D eigenvalue weighted by Crippen LogP contribution is 2.38. The number of pyridine rings is 1. The second-order valence-electron chi connectivity index (χ2n) is 8.20. The molecule has 1 heterocycles. The minimum Gasteiger partial charge on any atom is -0.325 e. The number of nitriles is 1. The van der Waals surface area contributed by atoms with E-state index in [0.717, 1.165) is 11.1 Å². The molecule has 0 radical (unpaired) electrons. The fourth-order valence-corrected chi connectivity index (χ4v) is 2.97. The van der Waals surface area contributed by atoms with Gasteiger partial charge in [0.1, 0.15) is 5.78 Å². The van der Waals surface area contributed by atoms with Gasteiger partial charge in [0.15, 0.2) is 0 Å². The monoisotopic (exact) mass is 377 g/mol. The molecule has 146 valence electrons. The predicted molar refractivity (Wildman–Crippen MR) is 111 cm³/mol. The van der Waals surface area contributed by atoms with Crippen LogP contribution in [0.5, 0.6) is 0 Å². The van der Waals surface area contributed by atoms with Gasteiger partial charge in [-0.05, 0) is 32.4 Å². The Morgan fingerprint density at radius 2 is 1.71 bits per heavy atom. The summed E-state index contributed by atoms with van der Waals surface area (Å²) in [6.07, 6.45) is 2.30. The molecule has 0 fully saturated rings. The van der Waals surface area contributed by atoms with E-state index < -0.39 is 10.8 Å². The summed E-state index contributed by atoms with van der Waals surface area (Å²) in [5, 5.41) is 12.0. The fraction of sp³-hybridized carbons (Fsp3) is 0.391. The first kappa shape index (κ1) is 21.3. The summed E-state index contributed by atoms with van der Waals surface area (Å²) >= 11 is 0. The molecule has 1 atom stereocenters. The van der Waals surface area contributed by atoms with Gasteiger partial charge >= 0.3 is 0 Å². The van der Waals surface area contributed by atoms with Crippen LogP contribution in [0.25, 0.3) is 11.1 Å². The number of rotatable bonds is 6. The minimum atomic E-state index is -0.881. The van der Waals surface area contributed by atoms with Crippen molar-refractivity contribution in [3.63, 3.8) is 0 Å². The molecule has 0 aliphatic carbocycles. The molecule has 0 spiro atoms. The van der Waals surface area contributed by atoms with Crippen LogP contribution in [0, 0.1) is 16.7 Å². The zero-order chi connectivity index (χ0) is 20.9. The first-order valence-electron chi connectivity index (χ1n) is 9.35. The Hall–Kier alpha value is -3.00. The zero-order valence-electron chi connectivity index (χ0n) is 17.2. The van der Waals surface area contributed by atoms with Crippen LogP contribution >= 0.6 is 0 Å². The van der Waals surface area contributed by atoms with E-state index >= 15 is 0 Å². The van der Waals surface area contributed by atoms with Gasteiger partial charge in [-0.1, -0.05) is 45.0 Å². The summed E-state index contributed by atoms with van der Waals surface area (Å²) in [5.41, 5.74) is 1.45. The highest BCUT2D eigenvalue weighted by atomic mass is 16.2. The van der Waals surface area contributed by atoms with Gasteiger partial charge < -0.3 is 5.32 Å². The summed E-state index contributed by atoms with van der Waals surface area (Å²) in [6.45, 7) is 8.93. The van der Waals surface area contributed by atoms with Crippen molar-refractivity contribution in [2.45, 2.75) is 52.9 Å². The number of carbonyl (C=O) groups is 2. The molecular weight excluding hydrogens is 350 g/mol. The number of para-hydroxylation sites is 1. The van der Waals surface area contributed by atoms with Crippen LogP contribution in [-0.4, -0.2) is 16.7 Å². The van der Waals surface area contributed by atoms with Crippen molar-refractivity contribution in [3.8, 4) is 17.2 Å². The van der Waals surface area contributed by atoms with E-state index in [2.05, 4.69) is 16.4 Å². The Balaban J connectivity index is 2.61. The van der Waals surface area contributed by atoms with Crippen LogP contribution < -0.4 is 5.32 Å². The topological polar surface area (TPSA) is 82.8 Å². The number of hydrogen-bond donors (Lipinski definition) is 1. The van der Waals surface area contributed by atoms with Gasteiger partial charge in [0.05, 0.1) is 17.2 Å². The van der Waals surface area contributed by atoms with Gasteiger partial charge in [0, 0.05) is 34.8 Å². The maximum atomic E-state index is 12.5. The normalized spacial score (nSPS) is 13.3. The second-order valence-corrected chi connectivity index (χ2v) is 8.20. The molecule has 0 saturated heterocycles.